The Morgan fingerprint density at radius 2 is 1.18 bits per heavy atom. The molecule has 0 amide bonds. The fraction of sp³-hybridized carbons (Fsp3) is 1.00. The third-order valence-corrected chi connectivity index (χ3v) is 4.00. The van der Waals surface area contributed by atoms with Crippen LogP contribution in [-0.4, -0.2) is 21.9 Å². The van der Waals surface area contributed by atoms with Gasteiger partial charge in [0.25, 0.3) is 0 Å². The molecule has 1 fully saturated rings. The van der Waals surface area contributed by atoms with Gasteiger partial charge in [0, 0.05) is 0 Å². The average Bonchev–Trinajstić information content (AvgIpc) is 1.91. The Kier molecular flexibility index (Phi) is 2.27. The van der Waals surface area contributed by atoms with Gasteiger partial charge in [-0.3, -0.25) is 4.74 Å². The molecule has 1 nitrogen and oxygen atoms in total. The second-order valence-electron chi connectivity index (χ2n) is 2.03. The van der Waals surface area contributed by atoms with Gasteiger partial charge in [-0.05, 0) is 0 Å². The van der Waals surface area contributed by atoms with Gasteiger partial charge in [0.1, 0.15) is 9.65 Å². The van der Waals surface area contributed by atoms with Crippen LogP contribution in [0.15, 0.2) is 0 Å². The summed E-state index contributed by atoms with van der Waals surface area (Å²) in [7, 11) is 0. The molecule has 0 unspecified atom stereocenters. The highest BCUT2D eigenvalue weighted by Crippen LogP contribution is 2.49. The minimum absolute atomic E-state index is 1.70. The average molecular weight is 302 g/mol. The summed E-state index contributed by atoms with van der Waals surface area (Å²) in [6.07, 6.45) is -7.64. The molecule has 0 saturated carbocycles. The number of hydrogen-bond acceptors (Lipinski definition) is 1. The fourth-order valence-electron chi connectivity index (χ4n) is 0.635. The third-order valence-electron chi connectivity index (χ3n) is 1.17. The molecule has 1 saturated heterocycles. The van der Waals surface area contributed by atoms with E-state index in [-0.39, 0.29) is 0 Å². The van der Waals surface area contributed by atoms with Crippen molar-refractivity contribution in [2.24, 2.45) is 0 Å². The smallest absolute Gasteiger partial charge is 0.253 e. The molecule has 0 aromatic rings. The molecule has 0 spiro atoms. The molecule has 0 bridgehead atoms. The highest BCUT2D eigenvalue weighted by Gasteiger charge is 2.65. The monoisotopic (exact) mass is 300 g/mol. The Hall–Kier alpha value is 0.640. The fourth-order valence-corrected chi connectivity index (χ4v) is 1.44. The van der Waals surface area contributed by atoms with Crippen LogP contribution in [0.2, 0.25) is 0 Å². The van der Waals surface area contributed by atoms with Crippen molar-refractivity contribution in [2.45, 2.75) is 21.9 Å². The minimum Gasteiger partial charge on any atom is -0.253 e. The van der Waals surface area contributed by atoms with Crippen LogP contribution >= 0.6 is 31.9 Å². The zero-order valence-electron chi connectivity index (χ0n) is 4.83. The Morgan fingerprint density at radius 1 is 0.909 bits per heavy atom. The molecular formula is C4H2Br2F4O. The SMILES string of the molecule is FC1(F)OC(F)(F)[C@H](Br)[C@H]1Br. The minimum atomic E-state index is -3.82. The molecule has 1 aliphatic heterocycles. The van der Waals surface area contributed by atoms with Gasteiger partial charge in [0.2, 0.25) is 0 Å². The van der Waals surface area contributed by atoms with Gasteiger partial charge in [-0.15, -0.1) is 0 Å². The second kappa shape index (κ2) is 2.56. The lowest BCUT2D eigenvalue weighted by Gasteiger charge is -2.10. The standard InChI is InChI=1S/C4H2Br2F4O/c5-1-2(6)4(9,10)11-3(1,7)8/h1-2H/t1-,2-/m1/s1. The van der Waals surface area contributed by atoms with Gasteiger partial charge in [-0.25, -0.2) is 0 Å². The van der Waals surface area contributed by atoms with Gasteiger partial charge < -0.3 is 0 Å². The molecule has 0 aromatic heterocycles. The molecule has 0 radical (unpaired) electrons. The maximum absolute atomic E-state index is 12.3. The van der Waals surface area contributed by atoms with Crippen molar-refractivity contribution in [3.63, 3.8) is 0 Å². The molecule has 11 heavy (non-hydrogen) atoms. The van der Waals surface area contributed by atoms with Crippen LogP contribution in [-0.2, 0) is 4.74 Å². The van der Waals surface area contributed by atoms with Crippen LogP contribution in [0, 0.1) is 0 Å². The number of rotatable bonds is 0. The predicted molar refractivity (Wildman–Crippen MR) is 36.4 cm³/mol. The van der Waals surface area contributed by atoms with Crippen molar-refractivity contribution in [3.8, 4) is 0 Å². The van der Waals surface area contributed by atoms with E-state index in [9.17, 15) is 17.6 Å². The molecule has 1 aliphatic rings. The van der Waals surface area contributed by atoms with Crippen LogP contribution in [0.4, 0.5) is 17.6 Å². The highest BCUT2D eigenvalue weighted by atomic mass is 79.9. The zero-order valence-corrected chi connectivity index (χ0v) is 8.00. The molecule has 1 heterocycles. The van der Waals surface area contributed by atoms with E-state index in [2.05, 4.69) is 36.6 Å². The number of alkyl halides is 6. The first-order valence-electron chi connectivity index (χ1n) is 2.51. The second-order valence-corrected chi connectivity index (χ2v) is 4.00. The summed E-state index contributed by atoms with van der Waals surface area (Å²) in [5.41, 5.74) is 0. The van der Waals surface area contributed by atoms with Crippen molar-refractivity contribution in [3.05, 3.63) is 0 Å². The van der Waals surface area contributed by atoms with E-state index in [1.54, 1.807) is 0 Å². The molecule has 0 aromatic carbocycles. The van der Waals surface area contributed by atoms with Crippen LogP contribution in [0.3, 0.4) is 0 Å². The normalized spacial score (nSPS) is 40.9. The van der Waals surface area contributed by atoms with Crippen LogP contribution in [0.1, 0.15) is 0 Å². The van der Waals surface area contributed by atoms with Gasteiger partial charge in [-0.1, -0.05) is 31.9 Å². The van der Waals surface area contributed by atoms with Gasteiger partial charge in [0.15, 0.2) is 0 Å². The summed E-state index contributed by atoms with van der Waals surface area (Å²) in [5, 5.41) is 0. The Balaban J connectivity index is 2.86. The maximum atomic E-state index is 12.3. The third kappa shape index (κ3) is 1.55. The summed E-state index contributed by atoms with van der Waals surface area (Å²) in [6.45, 7) is 0. The van der Waals surface area contributed by atoms with E-state index < -0.39 is 21.9 Å². The molecule has 66 valence electrons. The maximum Gasteiger partial charge on any atom is 0.374 e. The van der Waals surface area contributed by atoms with Crippen LogP contribution in [0.25, 0.3) is 0 Å². The summed E-state index contributed by atoms with van der Waals surface area (Å²) >= 11 is 4.80. The summed E-state index contributed by atoms with van der Waals surface area (Å²) in [5.74, 6) is 0. The largest absolute Gasteiger partial charge is 0.374 e. The molecule has 0 aliphatic carbocycles. The number of hydrogen-bond donors (Lipinski definition) is 0. The highest BCUT2D eigenvalue weighted by molar-refractivity contribution is 9.12. The zero-order chi connectivity index (χ0) is 8.86. The number of halogens is 6. The molecule has 2 atom stereocenters. The summed E-state index contributed by atoms with van der Waals surface area (Å²) < 4.78 is 52.4. The molecule has 0 N–H and O–H groups in total. The van der Waals surface area contributed by atoms with E-state index in [0.29, 0.717) is 0 Å². The lowest BCUT2D eigenvalue weighted by atomic mass is 10.3. The van der Waals surface area contributed by atoms with Crippen LogP contribution in [0.5, 0.6) is 0 Å². The van der Waals surface area contributed by atoms with E-state index >= 15 is 0 Å². The van der Waals surface area contributed by atoms with Crippen molar-refractivity contribution in [1.82, 2.24) is 0 Å². The number of ether oxygens (including phenoxy) is 1. The van der Waals surface area contributed by atoms with E-state index in [4.69, 9.17) is 0 Å². The van der Waals surface area contributed by atoms with Gasteiger partial charge >= 0.3 is 12.2 Å². The van der Waals surface area contributed by atoms with Crippen molar-refractivity contribution < 1.29 is 22.3 Å². The molecular weight excluding hydrogens is 300 g/mol. The first kappa shape index (κ1) is 9.73. The Morgan fingerprint density at radius 3 is 1.27 bits per heavy atom. The van der Waals surface area contributed by atoms with E-state index in [1.165, 1.54) is 0 Å². The quantitative estimate of drug-likeness (QED) is 0.494. The first-order chi connectivity index (χ1) is 4.77. The molecule has 7 heteroatoms. The van der Waals surface area contributed by atoms with Crippen molar-refractivity contribution in [1.29, 1.82) is 0 Å². The predicted octanol–water partition coefficient (Wildman–Crippen LogP) is 2.73. The Bertz CT molecular complexity index is 155. The van der Waals surface area contributed by atoms with Crippen molar-refractivity contribution in [2.75, 3.05) is 0 Å². The van der Waals surface area contributed by atoms with Gasteiger partial charge in [0.05, 0.1) is 0 Å². The van der Waals surface area contributed by atoms with Crippen LogP contribution < -0.4 is 0 Å². The van der Waals surface area contributed by atoms with E-state index in [0.717, 1.165) is 0 Å². The topological polar surface area (TPSA) is 9.23 Å². The van der Waals surface area contributed by atoms with E-state index in [1.807, 2.05) is 0 Å². The first-order valence-corrected chi connectivity index (χ1v) is 4.34. The van der Waals surface area contributed by atoms with Gasteiger partial charge in [-0.2, -0.15) is 17.6 Å². The summed E-state index contributed by atoms with van der Waals surface area (Å²) in [6, 6.07) is 0. The lowest BCUT2D eigenvalue weighted by molar-refractivity contribution is -0.327. The van der Waals surface area contributed by atoms with Crippen molar-refractivity contribution >= 4 is 31.9 Å². The summed E-state index contributed by atoms with van der Waals surface area (Å²) in [4.78, 5) is -3.41. The lowest BCUT2D eigenvalue weighted by Crippen LogP contribution is -2.28. The molecule has 1 rings (SSSR count). The Labute approximate surface area is 76.3 Å².